The van der Waals surface area contributed by atoms with Gasteiger partial charge < -0.3 is 15.1 Å². The maximum Gasteiger partial charge on any atom is 0.279 e. The second-order valence-corrected chi connectivity index (χ2v) is 6.36. The largest absolute Gasteiger partial charge is 0.463 e. The van der Waals surface area contributed by atoms with Gasteiger partial charge in [-0.3, -0.25) is 4.79 Å². The third kappa shape index (κ3) is 4.63. The van der Waals surface area contributed by atoms with Crippen LogP contribution in [0.2, 0.25) is 10.0 Å². The van der Waals surface area contributed by atoms with Crippen LogP contribution >= 0.6 is 23.2 Å². The summed E-state index contributed by atoms with van der Waals surface area (Å²) in [6.45, 7) is 0.221. The summed E-state index contributed by atoms with van der Waals surface area (Å²) in [6.07, 6.45) is 1.63. The van der Waals surface area contributed by atoms with Crippen LogP contribution in [0.25, 0.3) is 0 Å². The van der Waals surface area contributed by atoms with E-state index in [1.165, 1.54) is 0 Å². The fourth-order valence-corrected chi connectivity index (χ4v) is 3.02. The molecular formula is C19H17Cl2N2O2+. The zero-order valence-electron chi connectivity index (χ0n) is 13.3. The number of quaternary nitrogens is 1. The molecule has 0 saturated carbocycles. The smallest absolute Gasteiger partial charge is 0.279 e. The van der Waals surface area contributed by atoms with Crippen LogP contribution in [0.15, 0.2) is 71.3 Å². The second kappa shape index (κ2) is 8.21. The number of benzene rings is 2. The van der Waals surface area contributed by atoms with Gasteiger partial charge in [0, 0.05) is 10.6 Å². The van der Waals surface area contributed by atoms with Gasteiger partial charge in [-0.2, -0.15) is 0 Å². The quantitative estimate of drug-likeness (QED) is 0.686. The first kappa shape index (κ1) is 17.5. The number of nitrogens with one attached hydrogen (secondary N) is 1. The van der Waals surface area contributed by atoms with Gasteiger partial charge in [-0.05, 0) is 30.3 Å². The van der Waals surface area contributed by atoms with Gasteiger partial charge in [-0.15, -0.1) is 0 Å². The highest BCUT2D eigenvalue weighted by Gasteiger charge is 2.21. The van der Waals surface area contributed by atoms with Crippen molar-refractivity contribution in [3.63, 3.8) is 0 Å². The van der Waals surface area contributed by atoms with E-state index in [1.807, 2.05) is 47.8 Å². The van der Waals surface area contributed by atoms with Crippen molar-refractivity contribution in [1.29, 1.82) is 0 Å². The van der Waals surface area contributed by atoms with Crippen LogP contribution in [0, 0.1) is 0 Å². The third-order valence-electron chi connectivity index (χ3n) is 3.75. The minimum absolute atomic E-state index is 0.0948. The van der Waals surface area contributed by atoms with Crippen molar-refractivity contribution in [2.75, 3.05) is 11.9 Å². The molecule has 1 atom stereocenters. The van der Waals surface area contributed by atoms with Crippen LogP contribution in [0.1, 0.15) is 17.4 Å². The van der Waals surface area contributed by atoms with E-state index in [2.05, 4.69) is 5.32 Å². The predicted molar refractivity (Wildman–Crippen MR) is 98.9 cm³/mol. The number of hydrogen-bond acceptors (Lipinski definition) is 2. The van der Waals surface area contributed by atoms with Crippen molar-refractivity contribution in [1.82, 2.24) is 0 Å². The van der Waals surface area contributed by atoms with E-state index in [0.717, 1.165) is 11.3 Å². The SMILES string of the molecule is O=C(C[NH2+][C@H](c1ccccc1)c1ccco1)Nc1ccc(Cl)cc1Cl. The molecule has 4 nitrogen and oxygen atoms in total. The Labute approximate surface area is 155 Å². The molecule has 0 radical (unpaired) electrons. The lowest BCUT2D eigenvalue weighted by Gasteiger charge is -2.14. The minimum atomic E-state index is -0.156. The number of anilines is 1. The molecule has 3 aromatic rings. The molecule has 3 rings (SSSR count). The van der Waals surface area contributed by atoms with Crippen molar-refractivity contribution in [2.45, 2.75) is 6.04 Å². The Morgan fingerprint density at radius 2 is 1.88 bits per heavy atom. The Bertz CT molecular complexity index is 836. The van der Waals surface area contributed by atoms with E-state index in [1.54, 1.807) is 24.5 Å². The molecule has 0 spiro atoms. The second-order valence-electron chi connectivity index (χ2n) is 5.52. The molecule has 128 valence electrons. The van der Waals surface area contributed by atoms with Crippen molar-refractivity contribution < 1.29 is 14.5 Å². The first-order valence-corrected chi connectivity index (χ1v) is 8.55. The van der Waals surface area contributed by atoms with E-state index in [4.69, 9.17) is 27.6 Å². The van der Waals surface area contributed by atoms with Crippen molar-refractivity contribution in [3.05, 3.63) is 88.3 Å². The first-order chi connectivity index (χ1) is 12.1. The van der Waals surface area contributed by atoms with E-state index in [9.17, 15) is 4.79 Å². The number of furan rings is 1. The van der Waals surface area contributed by atoms with E-state index in [-0.39, 0.29) is 18.5 Å². The Balaban J connectivity index is 1.68. The topological polar surface area (TPSA) is 58.9 Å². The van der Waals surface area contributed by atoms with Crippen molar-refractivity contribution in [3.8, 4) is 0 Å². The molecule has 1 amide bonds. The van der Waals surface area contributed by atoms with Gasteiger partial charge in [-0.25, -0.2) is 0 Å². The fraction of sp³-hybridized carbons (Fsp3) is 0.105. The highest BCUT2D eigenvalue weighted by atomic mass is 35.5. The molecule has 0 fully saturated rings. The van der Waals surface area contributed by atoms with Crippen LogP contribution in [-0.4, -0.2) is 12.5 Å². The monoisotopic (exact) mass is 375 g/mol. The van der Waals surface area contributed by atoms with Gasteiger partial charge in [0.2, 0.25) is 0 Å². The Kier molecular flexibility index (Phi) is 5.76. The summed E-state index contributed by atoms with van der Waals surface area (Å²) in [7, 11) is 0. The van der Waals surface area contributed by atoms with Crippen molar-refractivity contribution in [2.24, 2.45) is 0 Å². The molecule has 1 aromatic heterocycles. The first-order valence-electron chi connectivity index (χ1n) is 7.80. The van der Waals surface area contributed by atoms with Gasteiger partial charge in [0.15, 0.2) is 18.3 Å². The highest BCUT2D eigenvalue weighted by molar-refractivity contribution is 6.36. The lowest BCUT2D eigenvalue weighted by molar-refractivity contribution is -0.678. The maximum atomic E-state index is 12.3. The highest BCUT2D eigenvalue weighted by Crippen LogP contribution is 2.25. The van der Waals surface area contributed by atoms with Gasteiger partial charge in [0.1, 0.15) is 0 Å². The lowest BCUT2D eigenvalue weighted by atomic mass is 10.0. The molecule has 0 saturated heterocycles. The molecule has 1 heterocycles. The average Bonchev–Trinajstić information content (AvgIpc) is 3.13. The van der Waals surface area contributed by atoms with Crippen LogP contribution in [0.3, 0.4) is 0 Å². The number of halogens is 2. The molecular weight excluding hydrogens is 359 g/mol. The molecule has 2 aromatic carbocycles. The average molecular weight is 376 g/mol. The molecule has 0 aliphatic heterocycles. The number of rotatable bonds is 6. The van der Waals surface area contributed by atoms with Crippen LogP contribution in [0.4, 0.5) is 5.69 Å². The van der Waals surface area contributed by atoms with E-state index < -0.39 is 0 Å². The Morgan fingerprint density at radius 3 is 2.56 bits per heavy atom. The summed E-state index contributed by atoms with van der Waals surface area (Å²) < 4.78 is 5.53. The van der Waals surface area contributed by atoms with Crippen LogP contribution < -0.4 is 10.6 Å². The van der Waals surface area contributed by atoms with Crippen LogP contribution in [-0.2, 0) is 4.79 Å². The van der Waals surface area contributed by atoms with E-state index >= 15 is 0 Å². The third-order valence-corrected chi connectivity index (χ3v) is 4.30. The zero-order valence-corrected chi connectivity index (χ0v) is 14.8. The number of carbonyl (C=O) groups excluding carboxylic acids is 1. The summed E-state index contributed by atoms with van der Waals surface area (Å²) in [5, 5.41) is 5.66. The Hall–Kier alpha value is -2.27. The number of amides is 1. The molecule has 25 heavy (non-hydrogen) atoms. The summed E-state index contributed by atoms with van der Waals surface area (Å²) in [5.41, 5.74) is 1.61. The van der Waals surface area contributed by atoms with Gasteiger partial charge in [0.25, 0.3) is 5.91 Å². The summed E-state index contributed by atoms with van der Waals surface area (Å²) in [5.74, 6) is 0.639. The van der Waals surface area contributed by atoms with Crippen molar-refractivity contribution >= 4 is 34.8 Å². The summed E-state index contributed by atoms with van der Waals surface area (Å²) in [4.78, 5) is 12.3. The van der Waals surface area contributed by atoms with Gasteiger partial charge in [-0.1, -0.05) is 53.5 Å². The summed E-state index contributed by atoms with van der Waals surface area (Å²) >= 11 is 12.0. The molecule has 0 unspecified atom stereocenters. The Morgan fingerprint density at radius 1 is 1.08 bits per heavy atom. The van der Waals surface area contributed by atoms with Gasteiger partial charge in [0.05, 0.1) is 17.0 Å². The molecule has 0 aliphatic carbocycles. The normalized spacial score (nSPS) is 11.9. The van der Waals surface area contributed by atoms with Gasteiger partial charge >= 0.3 is 0 Å². The molecule has 0 aliphatic rings. The number of carbonyl (C=O) groups is 1. The summed E-state index contributed by atoms with van der Waals surface area (Å²) in [6, 6.07) is 18.5. The maximum absolute atomic E-state index is 12.3. The number of hydrogen-bond donors (Lipinski definition) is 2. The number of nitrogens with two attached hydrogens (primary N) is 1. The fourth-order valence-electron chi connectivity index (χ4n) is 2.56. The lowest BCUT2D eigenvalue weighted by Crippen LogP contribution is -2.87. The molecule has 0 bridgehead atoms. The zero-order chi connectivity index (χ0) is 17.6. The predicted octanol–water partition coefficient (Wildman–Crippen LogP) is 3.88. The van der Waals surface area contributed by atoms with E-state index in [0.29, 0.717) is 15.7 Å². The minimum Gasteiger partial charge on any atom is -0.463 e. The van der Waals surface area contributed by atoms with Crippen LogP contribution in [0.5, 0.6) is 0 Å². The molecule has 3 N–H and O–H groups in total. The molecule has 6 heteroatoms. The standard InChI is InChI=1S/C19H16Cl2N2O2/c20-14-8-9-16(15(21)11-14)23-18(24)12-22-19(17-7-4-10-25-17)13-5-2-1-3-6-13/h1-11,19,22H,12H2,(H,23,24)/p+1/t19-/m1/s1.